The Kier molecular flexibility index (Phi) is 19.5. The minimum Gasteiger partial charge on any atom is -0.394 e. The number of aliphatic hydroxyl groups is 6. The molecule has 0 aromatic rings. The molecule has 0 saturated carbocycles. The summed E-state index contributed by atoms with van der Waals surface area (Å²) in [6, 6.07) is -2.02. The number of hydrogen-bond acceptors (Lipinski definition) is 16. The van der Waals surface area contributed by atoms with E-state index in [0.29, 0.717) is 39.6 Å². The maximum absolute atomic E-state index is 11.5. The van der Waals surface area contributed by atoms with Crippen molar-refractivity contribution < 1.29 is 78.1 Å². The van der Waals surface area contributed by atoms with Gasteiger partial charge >= 0.3 is 0 Å². The number of nitrogens with one attached hydrogen (secondary N) is 2. The van der Waals surface area contributed by atoms with E-state index in [2.05, 4.69) is 10.6 Å². The molecule has 2 fully saturated rings. The third-order valence-electron chi connectivity index (χ3n) is 7.07. The molecule has 10 atom stereocenters. The Hall–Kier alpha value is -1.62. The first-order chi connectivity index (χ1) is 22.0. The van der Waals surface area contributed by atoms with E-state index < -0.39 is 86.3 Å². The van der Waals surface area contributed by atoms with Gasteiger partial charge in [0.25, 0.3) is 0 Å². The molecule has 0 radical (unpaired) electrons. The van der Waals surface area contributed by atoms with Crippen molar-refractivity contribution in [3.63, 3.8) is 0 Å². The van der Waals surface area contributed by atoms with E-state index in [1.165, 1.54) is 13.8 Å². The predicted molar refractivity (Wildman–Crippen MR) is 155 cm³/mol. The fraction of sp³-hybridized carbons (Fsp3) is 0.929. The normalized spacial score (nSPS) is 32.2. The van der Waals surface area contributed by atoms with E-state index in [1.54, 1.807) is 0 Å². The third-order valence-corrected chi connectivity index (χ3v) is 7.07. The summed E-state index contributed by atoms with van der Waals surface area (Å²) in [5.74, 6) is -0.765. The molecule has 2 aliphatic heterocycles. The van der Waals surface area contributed by atoms with Gasteiger partial charge < -0.3 is 79.2 Å². The van der Waals surface area contributed by atoms with Crippen molar-refractivity contribution in [2.45, 2.75) is 82.1 Å². The van der Waals surface area contributed by atoms with E-state index in [1.807, 2.05) is 6.92 Å². The fourth-order valence-corrected chi connectivity index (χ4v) is 4.73. The number of ether oxygens (including phenoxy) is 8. The van der Waals surface area contributed by atoms with Gasteiger partial charge in [-0.05, 0) is 0 Å². The molecular formula is C28H52N2O16. The lowest BCUT2D eigenvalue weighted by molar-refractivity contribution is -0.272. The molecule has 18 nitrogen and oxygen atoms in total. The molecular weight excluding hydrogens is 620 g/mol. The van der Waals surface area contributed by atoms with Crippen LogP contribution < -0.4 is 10.6 Å². The van der Waals surface area contributed by atoms with Crippen LogP contribution in [0.2, 0.25) is 0 Å². The molecule has 2 heterocycles. The van der Waals surface area contributed by atoms with Gasteiger partial charge in [0.05, 0.1) is 79.3 Å². The molecule has 0 bridgehead atoms. The summed E-state index contributed by atoms with van der Waals surface area (Å²) in [5.41, 5.74) is 0. The highest BCUT2D eigenvalue weighted by atomic mass is 16.7. The lowest BCUT2D eigenvalue weighted by Gasteiger charge is -2.42. The molecule has 2 aliphatic rings. The average molecular weight is 673 g/mol. The zero-order chi connectivity index (χ0) is 34.1. The molecule has 2 amide bonds. The first-order valence-corrected chi connectivity index (χ1v) is 15.3. The number of amides is 2. The summed E-state index contributed by atoms with van der Waals surface area (Å²) < 4.78 is 44.3. The van der Waals surface area contributed by atoms with Crippen LogP contribution in [0.15, 0.2) is 0 Å². The van der Waals surface area contributed by atoms with Crippen LogP contribution in [-0.4, -0.2) is 183 Å². The van der Waals surface area contributed by atoms with Crippen LogP contribution >= 0.6 is 0 Å². The zero-order valence-corrected chi connectivity index (χ0v) is 26.6. The average Bonchev–Trinajstić information content (AvgIpc) is 3.01. The van der Waals surface area contributed by atoms with Crippen LogP contribution in [0.1, 0.15) is 20.8 Å². The molecule has 0 aromatic heterocycles. The van der Waals surface area contributed by atoms with Crippen LogP contribution in [-0.2, 0) is 47.5 Å². The Labute approximate surface area is 268 Å². The van der Waals surface area contributed by atoms with Gasteiger partial charge in [-0.3, -0.25) is 9.59 Å². The summed E-state index contributed by atoms with van der Waals surface area (Å²) in [5, 5.41) is 64.3. The number of carbonyl (C=O) groups excluding carboxylic acids is 2. The molecule has 2 saturated heterocycles. The van der Waals surface area contributed by atoms with Gasteiger partial charge in [-0.2, -0.15) is 0 Å². The maximum atomic E-state index is 11.5. The topological polar surface area (TPSA) is 253 Å². The highest BCUT2D eigenvalue weighted by Gasteiger charge is 2.46. The Balaban J connectivity index is 1.48. The smallest absolute Gasteiger partial charge is 0.217 e. The van der Waals surface area contributed by atoms with E-state index in [9.17, 15) is 40.2 Å². The van der Waals surface area contributed by atoms with Gasteiger partial charge in [0.15, 0.2) is 12.6 Å². The van der Waals surface area contributed by atoms with Crippen LogP contribution in [0.25, 0.3) is 0 Å². The second-order valence-electron chi connectivity index (χ2n) is 11.1. The number of rotatable bonds is 22. The van der Waals surface area contributed by atoms with Crippen molar-refractivity contribution in [1.82, 2.24) is 10.6 Å². The largest absolute Gasteiger partial charge is 0.394 e. The second kappa shape index (κ2) is 22.1. The van der Waals surface area contributed by atoms with Crippen molar-refractivity contribution in [3.8, 4) is 0 Å². The van der Waals surface area contributed by atoms with Gasteiger partial charge in [-0.25, -0.2) is 0 Å². The van der Waals surface area contributed by atoms with Crippen LogP contribution in [0.3, 0.4) is 0 Å². The molecule has 0 aliphatic carbocycles. The first-order valence-electron chi connectivity index (χ1n) is 15.3. The molecule has 18 heteroatoms. The van der Waals surface area contributed by atoms with E-state index in [-0.39, 0.29) is 32.3 Å². The molecule has 270 valence electrons. The predicted octanol–water partition coefficient (Wildman–Crippen LogP) is -4.39. The highest BCUT2D eigenvalue weighted by molar-refractivity contribution is 5.73. The van der Waals surface area contributed by atoms with Crippen molar-refractivity contribution in [2.75, 3.05) is 79.3 Å². The fourth-order valence-electron chi connectivity index (χ4n) is 4.73. The summed E-state index contributed by atoms with van der Waals surface area (Å²) in [6.45, 7) is 6.08. The summed E-state index contributed by atoms with van der Waals surface area (Å²) in [6.07, 6.45) is -9.79. The van der Waals surface area contributed by atoms with E-state index in [0.717, 1.165) is 0 Å². The molecule has 46 heavy (non-hydrogen) atoms. The van der Waals surface area contributed by atoms with E-state index >= 15 is 0 Å². The molecule has 0 spiro atoms. The van der Waals surface area contributed by atoms with E-state index in [4.69, 9.17) is 37.9 Å². The Bertz CT molecular complexity index is 792. The number of aliphatic hydroxyl groups excluding tert-OH is 6. The van der Waals surface area contributed by atoms with Crippen molar-refractivity contribution in [2.24, 2.45) is 5.92 Å². The molecule has 6 unspecified atom stereocenters. The molecule has 8 N–H and O–H groups in total. The van der Waals surface area contributed by atoms with Crippen molar-refractivity contribution in [1.29, 1.82) is 0 Å². The standard InChI is InChI=1S/C28H52N2O16/c1-16(14-41-6-4-39-8-10-43-27-21(29-17(2)33)25(37)23(35)19(12-31)45-27)15-42-7-5-40-9-11-44-28-22(30-18(3)34)26(38)24(36)20(13-32)46-28/h16,19-28,31-32,35-38H,4-15H2,1-3H3,(H,29,33)(H,30,34)/t16?,19?,20?,21-,22-,23-,24-,25?,26?,27?,28?/m0/s1. The van der Waals surface area contributed by atoms with Gasteiger partial charge in [0.2, 0.25) is 11.8 Å². The SMILES string of the molecule is CC(=O)N[C@@H]1C(OCCOCCOCC(C)COCCOCCOC2OC(CO)[C@H](O)C(O)[C@@H]2NC(C)=O)OC(CO)[C@H](O)C1O. The molecule has 0 aromatic carbocycles. The number of hydrogen-bond donors (Lipinski definition) is 8. The summed E-state index contributed by atoms with van der Waals surface area (Å²) >= 11 is 0. The summed E-state index contributed by atoms with van der Waals surface area (Å²) in [4.78, 5) is 22.9. The van der Waals surface area contributed by atoms with Crippen LogP contribution in [0, 0.1) is 5.92 Å². The lowest BCUT2D eigenvalue weighted by atomic mass is 9.97. The second-order valence-corrected chi connectivity index (χ2v) is 11.1. The Morgan fingerprint density at radius 2 is 0.957 bits per heavy atom. The van der Waals surface area contributed by atoms with Gasteiger partial charge in [0, 0.05) is 19.8 Å². The van der Waals surface area contributed by atoms with Crippen LogP contribution in [0.4, 0.5) is 0 Å². The van der Waals surface area contributed by atoms with Gasteiger partial charge in [-0.15, -0.1) is 0 Å². The maximum Gasteiger partial charge on any atom is 0.217 e. The van der Waals surface area contributed by atoms with Gasteiger partial charge in [-0.1, -0.05) is 6.92 Å². The number of carbonyl (C=O) groups is 2. The van der Waals surface area contributed by atoms with Gasteiger partial charge in [0.1, 0.15) is 48.7 Å². The highest BCUT2D eigenvalue weighted by Crippen LogP contribution is 2.23. The third kappa shape index (κ3) is 13.9. The van der Waals surface area contributed by atoms with Crippen molar-refractivity contribution in [3.05, 3.63) is 0 Å². The summed E-state index contributed by atoms with van der Waals surface area (Å²) in [7, 11) is 0. The Morgan fingerprint density at radius 1 is 0.609 bits per heavy atom. The lowest BCUT2D eigenvalue weighted by Crippen LogP contribution is -2.64. The quantitative estimate of drug-likeness (QED) is 0.0506. The zero-order valence-electron chi connectivity index (χ0n) is 26.6. The Morgan fingerprint density at radius 3 is 1.30 bits per heavy atom. The van der Waals surface area contributed by atoms with Crippen molar-refractivity contribution >= 4 is 11.8 Å². The minimum atomic E-state index is -1.38. The van der Waals surface area contributed by atoms with Crippen LogP contribution in [0.5, 0.6) is 0 Å². The minimum absolute atomic E-state index is 0.0730. The molecule has 2 rings (SSSR count). The first kappa shape index (κ1) is 40.6. The monoisotopic (exact) mass is 672 g/mol.